The first-order chi connectivity index (χ1) is 13.3. The second-order valence-electron chi connectivity index (χ2n) is 6.05. The highest BCUT2D eigenvalue weighted by Gasteiger charge is 2.15. The molecule has 2 aromatic carbocycles. The molecule has 1 heterocycles. The smallest absolute Gasteiger partial charge is 0.266 e. The first-order valence-corrected chi connectivity index (χ1v) is 9.69. The van der Waals surface area contributed by atoms with Gasteiger partial charge in [-0.25, -0.2) is 4.98 Å². The summed E-state index contributed by atoms with van der Waals surface area (Å²) < 4.78 is 1.46. The van der Waals surface area contributed by atoms with Crippen molar-refractivity contribution < 1.29 is 9.59 Å². The van der Waals surface area contributed by atoms with E-state index in [4.69, 9.17) is 11.6 Å². The lowest BCUT2D eigenvalue weighted by Gasteiger charge is -2.13. The van der Waals surface area contributed by atoms with Crippen LogP contribution in [0.4, 0.5) is 0 Å². The molecular weight excluding hydrogens is 400 g/mol. The lowest BCUT2D eigenvalue weighted by molar-refractivity contribution is -0.126. The average Bonchev–Trinajstić information content (AvgIpc) is 2.65. The molecule has 0 radical (unpaired) electrons. The van der Waals surface area contributed by atoms with Crippen LogP contribution in [0.2, 0.25) is 5.02 Å². The van der Waals surface area contributed by atoms with Gasteiger partial charge in [-0.3, -0.25) is 29.8 Å². The number of nitrogens with zero attached hydrogens (tertiary/aromatic N) is 2. The number of fused-ring (bicyclic) bond motifs is 1. The molecule has 0 unspecified atom stereocenters. The number of hydrogen-bond acceptors (Lipinski definition) is 5. The molecule has 2 N–H and O–H groups in total. The number of thioether (sulfide) groups is 1. The number of amides is 2. The van der Waals surface area contributed by atoms with Crippen LogP contribution in [0.5, 0.6) is 0 Å². The lowest BCUT2D eigenvalue weighted by Crippen LogP contribution is -2.41. The Hall–Kier alpha value is -2.84. The first-order valence-electron chi connectivity index (χ1n) is 8.33. The number of carbonyl (C=O) groups is 2. The normalized spacial score (nSPS) is 10.7. The molecule has 0 aliphatic carbocycles. The van der Waals surface area contributed by atoms with Gasteiger partial charge >= 0.3 is 0 Å². The maximum atomic E-state index is 13.1. The molecule has 1 aromatic heterocycles. The third-order valence-corrected chi connectivity index (χ3v) is 4.98. The van der Waals surface area contributed by atoms with Crippen LogP contribution >= 0.6 is 23.4 Å². The molecule has 7 nitrogen and oxygen atoms in total. The average molecular weight is 417 g/mol. The minimum Gasteiger partial charge on any atom is -0.274 e. The largest absolute Gasteiger partial charge is 0.274 e. The van der Waals surface area contributed by atoms with Crippen LogP contribution in [0.3, 0.4) is 0 Å². The van der Waals surface area contributed by atoms with Crippen molar-refractivity contribution in [1.82, 2.24) is 20.4 Å². The zero-order valence-corrected chi connectivity index (χ0v) is 16.7. The summed E-state index contributed by atoms with van der Waals surface area (Å²) in [5.41, 5.74) is 6.40. The van der Waals surface area contributed by atoms with Crippen molar-refractivity contribution in [3.63, 3.8) is 0 Å². The number of carbonyl (C=O) groups excluding carboxylic acids is 2. The van der Waals surface area contributed by atoms with Crippen LogP contribution in [-0.4, -0.2) is 27.1 Å². The predicted octanol–water partition coefficient (Wildman–Crippen LogP) is 2.61. The highest BCUT2D eigenvalue weighted by molar-refractivity contribution is 7.99. The topological polar surface area (TPSA) is 93.1 Å². The van der Waals surface area contributed by atoms with Gasteiger partial charge in [0.15, 0.2) is 5.16 Å². The summed E-state index contributed by atoms with van der Waals surface area (Å²) in [6.07, 6.45) is 0. The Morgan fingerprint density at radius 1 is 1.14 bits per heavy atom. The minimum atomic E-state index is -0.420. The molecule has 0 bridgehead atoms. The van der Waals surface area contributed by atoms with Gasteiger partial charge in [0, 0.05) is 11.9 Å². The number of benzene rings is 2. The zero-order valence-electron chi connectivity index (χ0n) is 15.2. The summed E-state index contributed by atoms with van der Waals surface area (Å²) >= 11 is 7.12. The first kappa shape index (κ1) is 19.9. The van der Waals surface area contributed by atoms with Crippen LogP contribution in [0.15, 0.2) is 52.4 Å². The van der Waals surface area contributed by atoms with Crippen molar-refractivity contribution in [1.29, 1.82) is 0 Å². The van der Waals surface area contributed by atoms with Gasteiger partial charge in [-0.05, 0) is 37.3 Å². The van der Waals surface area contributed by atoms with Crippen molar-refractivity contribution in [3.8, 4) is 5.69 Å². The fourth-order valence-electron chi connectivity index (χ4n) is 2.48. The molecule has 9 heteroatoms. The third-order valence-electron chi connectivity index (χ3n) is 3.80. The minimum absolute atomic E-state index is 0.0370. The molecule has 0 saturated heterocycles. The zero-order chi connectivity index (χ0) is 20.3. The number of halogens is 1. The summed E-state index contributed by atoms with van der Waals surface area (Å²) in [6, 6.07) is 12.3. The van der Waals surface area contributed by atoms with Crippen LogP contribution in [0.1, 0.15) is 12.5 Å². The van der Waals surface area contributed by atoms with Gasteiger partial charge in [0.2, 0.25) is 11.8 Å². The predicted molar refractivity (Wildman–Crippen MR) is 110 cm³/mol. The maximum absolute atomic E-state index is 13.1. The molecule has 2 amide bonds. The van der Waals surface area contributed by atoms with E-state index in [0.717, 1.165) is 17.3 Å². The molecule has 3 rings (SSSR count). The Kier molecular flexibility index (Phi) is 6.01. The second-order valence-corrected chi connectivity index (χ2v) is 7.43. The molecule has 3 aromatic rings. The van der Waals surface area contributed by atoms with Crippen molar-refractivity contribution in [2.75, 3.05) is 5.75 Å². The van der Waals surface area contributed by atoms with Crippen molar-refractivity contribution in [2.24, 2.45) is 0 Å². The number of hydrogen-bond donors (Lipinski definition) is 2. The van der Waals surface area contributed by atoms with Gasteiger partial charge in [-0.1, -0.05) is 41.1 Å². The van der Waals surface area contributed by atoms with Gasteiger partial charge < -0.3 is 0 Å². The molecule has 28 heavy (non-hydrogen) atoms. The van der Waals surface area contributed by atoms with E-state index in [0.29, 0.717) is 26.8 Å². The quantitative estimate of drug-likeness (QED) is 0.387. The Morgan fingerprint density at radius 3 is 2.54 bits per heavy atom. The monoisotopic (exact) mass is 416 g/mol. The molecular formula is C19H17ClN4O3S. The second kappa shape index (κ2) is 8.45. The summed E-state index contributed by atoms with van der Waals surface area (Å²) in [7, 11) is 0. The number of nitrogens with one attached hydrogen (secondary N) is 2. The van der Waals surface area contributed by atoms with E-state index in [1.165, 1.54) is 11.5 Å². The molecule has 0 aliphatic heterocycles. The highest BCUT2D eigenvalue weighted by atomic mass is 35.5. The van der Waals surface area contributed by atoms with E-state index in [1.54, 1.807) is 18.2 Å². The third kappa shape index (κ3) is 4.52. The Bertz CT molecular complexity index is 1110. The standard InChI is InChI=1S/C19H17ClN4O3S/c1-11-3-6-14(7-4-11)24-18(27)15-8-5-13(20)9-16(15)21-19(24)28-10-17(26)23-22-12(2)25/h3-9H,10H2,1-2H3,(H,22,25)(H,23,26). The summed E-state index contributed by atoms with van der Waals surface area (Å²) in [5.74, 6) is -0.838. The van der Waals surface area contributed by atoms with Crippen LogP contribution in [-0.2, 0) is 9.59 Å². The van der Waals surface area contributed by atoms with E-state index in [2.05, 4.69) is 15.8 Å². The number of rotatable bonds is 4. The SMILES string of the molecule is CC(=O)NNC(=O)CSc1nc2cc(Cl)ccc2c(=O)n1-c1ccc(C)cc1. The summed E-state index contributed by atoms with van der Waals surface area (Å²) in [4.78, 5) is 40.5. The van der Waals surface area contributed by atoms with Gasteiger partial charge in [0.25, 0.3) is 5.56 Å². The number of aryl methyl sites for hydroxylation is 1. The van der Waals surface area contributed by atoms with Crippen molar-refractivity contribution >= 4 is 46.1 Å². The number of hydrazine groups is 1. The summed E-state index contributed by atoms with van der Waals surface area (Å²) in [6.45, 7) is 3.24. The van der Waals surface area contributed by atoms with Crippen LogP contribution in [0, 0.1) is 6.92 Å². The van der Waals surface area contributed by atoms with Gasteiger partial charge in [0.1, 0.15) is 0 Å². The van der Waals surface area contributed by atoms with Crippen LogP contribution < -0.4 is 16.4 Å². The Morgan fingerprint density at radius 2 is 1.86 bits per heavy atom. The van der Waals surface area contributed by atoms with E-state index in [-0.39, 0.29) is 17.2 Å². The summed E-state index contributed by atoms with van der Waals surface area (Å²) in [5, 5.41) is 1.24. The fraction of sp³-hybridized carbons (Fsp3) is 0.158. The van der Waals surface area contributed by atoms with Crippen LogP contribution in [0.25, 0.3) is 16.6 Å². The molecule has 144 valence electrons. The van der Waals surface area contributed by atoms with E-state index < -0.39 is 5.91 Å². The fourth-order valence-corrected chi connectivity index (χ4v) is 3.46. The van der Waals surface area contributed by atoms with Crippen molar-refractivity contribution in [2.45, 2.75) is 19.0 Å². The molecule has 0 atom stereocenters. The van der Waals surface area contributed by atoms with Gasteiger partial charge in [0.05, 0.1) is 22.3 Å². The molecule has 0 saturated carbocycles. The molecule has 0 fully saturated rings. The van der Waals surface area contributed by atoms with Gasteiger partial charge in [-0.2, -0.15) is 0 Å². The Balaban J connectivity index is 2.04. The van der Waals surface area contributed by atoms with E-state index in [9.17, 15) is 14.4 Å². The van der Waals surface area contributed by atoms with E-state index >= 15 is 0 Å². The maximum Gasteiger partial charge on any atom is 0.266 e. The van der Waals surface area contributed by atoms with Crippen molar-refractivity contribution in [3.05, 3.63) is 63.4 Å². The highest BCUT2D eigenvalue weighted by Crippen LogP contribution is 2.23. The molecule has 0 spiro atoms. The van der Waals surface area contributed by atoms with E-state index in [1.807, 2.05) is 31.2 Å². The number of aromatic nitrogens is 2. The lowest BCUT2D eigenvalue weighted by atomic mass is 10.2. The molecule has 0 aliphatic rings. The Labute approximate surface area is 170 Å². The van der Waals surface area contributed by atoms with Gasteiger partial charge in [-0.15, -0.1) is 0 Å².